The van der Waals surface area contributed by atoms with E-state index in [2.05, 4.69) is 20.7 Å². The maximum Gasteiger partial charge on any atom is 0.242 e. The molecule has 16 heavy (non-hydrogen) atoms. The van der Waals surface area contributed by atoms with E-state index in [9.17, 15) is 8.42 Å². The van der Waals surface area contributed by atoms with Gasteiger partial charge >= 0.3 is 0 Å². The van der Waals surface area contributed by atoms with Gasteiger partial charge in [0.25, 0.3) is 0 Å². The van der Waals surface area contributed by atoms with Crippen molar-refractivity contribution in [3.8, 4) is 0 Å². The van der Waals surface area contributed by atoms with Gasteiger partial charge in [-0.25, -0.2) is 13.1 Å². The first-order valence-electron chi connectivity index (χ1n) is 4.41. The van der Waals surface area contributed by atoms with E-state index in [4.69, 9.17) is 16.3 Å². The molecule has 0 atom stereocenters. The quantitative estimate of drug-likeness (QED) is 0.842. The Balaban J connectivity index is 2.90. The third-order valence-electron chi connectivity index (χ3n) is 1.78. The van der Waals surface area contributed by atoms with Crippen LogP contribution in [0.2, 0.25) is 5.02 Å². The smallest absolute Gasteiger partial charge is 0.242 e. The van der Waals surface area contributed by atoms with E-state index in [-0.39, 0.29) is 16.5 Å². The van der Waals surface area contributed by atoms with Crippen molar-refractivity contribution in [1.29, 1.82) is 0 Å². The molecule has 0 aliphatic heterocycles. The van der Waals surface area contributed by atoms with E-state index in [0.717, 1.165) is 4.47 Å². The van der Waals surface area contributed by atoms with Crippen LogP contribution in [0.25, 0.3) is 0 Å². The number of sulfonamides is 1. The SMILES string of the molecule is COCCNS(=O)(=O)c1ccc(Br)cc1Cl. The molecule has 1 N–H and O–H groups in total. The van der Waals surface area contributed by atoms with Gasteiger partial charge < -0.3 is 4.74 Å². The molecule has 0 aliphatic carbocycles. The lowest BCUT2D eigenvalue weighted by molar-refractivity contribution is 0.204. The molecule has 0 aliphatic rings. The summed E-state index contributed by atoms with van der Waals surface area (Å²) in [5, 5.41) is 0.180. The van der Waals surface area contributed by atoms with Crippen molar-refractivity contribution in [2.75, 3.05) is 20.3 Å². The molecule has 90 valence electrons. The average Bonchev–Trinajstić information content (AvgIpc) is 2.17. The van der Waals surface area contributed by atoms with Crippen LogP contribution < -0.4 is 4.72 Å². The zero-order chi connectivity index (χ0) is 12.2. The van der Waals surface area contributed by atoms with Gasteiger partial charge in [-0.2, -0.15) is 0 Å². The molecule has 0 amide bonds. The summed E-state index contributed by atoms with van der Waals surface area (Å²) in [6, 6.07) is 4.60. The molecule has 1 rings (SSSR count). The summed E-state index contributed by atoms with van der Waals surface area (Å²) in [5.74, 6) is 0. The number of hydrogen-bond donors (Lipinski definition) is 1. The van der Waals surface area contributed by atoms with E-state index in [1.54, 1.807) is 6.07 Å². The van der Waals surface area contributed by atoms with Gasteiger partial charge in [0.1, 0.15) is 4.90 Å². The summed E-state index contributed by atoms with van der Waals surface area (Å²) in [6.45, 7) is 0.526. The highest BCUT2D eigenvalue weighted by molar-refractivity contribution is 9.10. The van der Waals surface area contributed by atoms with Crippen LogP contribution in [0, 0.1) is 0 Å². The lowest BCUT2D eigenvalue weighted by atomic mass is 10.4. The van der Waals surface area contributed by atoms with Crippen LogP contribution in [-0.4, -0.2) is 28.7 Å². The Morgan fingerprint density at radius 3 is 2.75 bits per heavy atom. The number of methoxy groups -OCH3 is 1. The van der Waals surface area contributed by atoms with E-state index in [1.807, 2.05) is 0 Å². The second-order valence-electron chi connectivity index (χ2n) is 2.97. The van der Waals surface area contributed by atoms with Gasteiger partial charge in [0, 0.05) is 18.1 Å². The Hall–Kier alpha value is -0.140. The summed E-state index contributed by atoms with van der Waals surface area (Å²) in [6.07, 6.45) is 0. The minimum Gasteiger partial charge on any atom is -0.383 e. The van der Waals surface area contributed by atoms with Crippen LogP contribution >= 0.6 is 27.5 Å². The fraction of sp³-hybridized carbons (Fsp3) is 0.333. The topological polar surface area (TPSA) is 55.4 Å². The van der Waals surface area contributed by atoms with Gasteiger partial charge in [0.15, 0.2) is 0 Å². The molecule has 1 aromatic rings. The molecule has 0 saturated heterocycles. The highest BCUT2D eigenvalue weighted by Gasteiger charge is 2.17. The Bertz CT molecular complexity index is 464. The monoisotopic (exact) mass is 327 g/mol. The number of hydrogen-bond acceptors (Lipinski definition) is 3. The zero-order valence-electron chi connectivity index (χ0n) is 8.54. The molecule has 4 nitrogen and oxygen atoms in total. The van der Waals surface area contributed by atoms with Gasteiger partial charge in [-0.1, -0.05) is 27.5 Å². The summed E-state index contributed by atoms with van der Waals surface area (Å²) >= 11 is 9.05. The zero-order valence-corrected chi connectivity index (χ0v) is 11.7. The molecule has 0 spiro atoms. The van der Waals surface area contributed by atoms with Gasteiger partial charge in [-0.3, -0.25) is 0 Å². The van der Waals surface area contributed by atoms with Gasteiger partial charge in [-0.05, 0) is 18.2 Å². The van der Waals surface area contributed by atoms with Crippen LogP contribution in [0.15, 0.2) is 27.6 Å². The third-order valence-corrected chi connectivity index (χ3v) is 4.22. The Kier molecular flexibility index (Phi) is 5.20. The minimum atomic E-state index is -3.56. The molecule has 0 heterocycles. The van der Waals surface area contributed by atoms with Crippen molar-refractivity contribution in [1.82, 2.24) is 4.72 Å². The number of rotatable bonds is 5. The number of benzene rings is 1. The lowest BCUT2D eigenvalue weighted by Crippen LogP contribution is -2.27. The first kappa shape index (κ1) is 13.9. The summed E-state index contributed by atoms with van der Waals surface area (Å²) < 4.78 is 31.4. The van der Waals surface area contributed by atoms with Crippen LogP contribution in [0.3, 0.4) is 0 Å². The second kappa shape index (κ2) is 5.97. The largest absolute Gasteiger partial charge is 0.383 e. The van der Waals surface area contributed by atoms with Crippen molar-refractivity contribution in [2.45, 2.75) is 4.90 Å². The Morgan fingerprint density at radius 1 is 1.50 bits per heavy atom. The van der Waals surface area contributed by atoms with E-state index in [1.165, 1.54) is 19.2 Å². The van der Waals surface area contributed by atoms with Crippen molar-refractivity contribution < 1.29 is 13.2 Å². The lowest BCUT2D eigenvalue weighted by Gasteiger charge is -2.07. The number of nitrogens with one attached hydrogen (secondary N) is 1. The molecule has 0 fully saturated rings. The Labute approximate surface area is 108 Å². The molecule has 7 heteroatoms. The van der Waals surface area contributed by atoms with E-state index >= 15 is 0 Å². The van der Waals surface area contributed by atoms with E-state index in [0.29, 0.717) is 6.61 Å². The molecular formula is C9H11BrClNO3S. The summed E-state index contributed by atoms with van der Waals surface area (Å²) in [4.78, 5) is 0.0634. The maximum absolute atomic E-state index is 11.8. The fourth-order valence-electron chi connectivity index (χ4n) is 1.05. The summed E-state index contributed by atoms with van der Waals surface area (Å²) in [5.41, 5.74) is 0. The van der Waals surface area contributed by atoms with Gasteiger partial charge in [-0.15, -0.1) is 0 Å². The first-order chi connectivity index (χ1) is 7.47. The molecule has 1 aromatic carbocycles. The van der Waals surface area contributed by atoms with Gasteiger partial charge in [0.2, 0.25) is 10.0 Å². The second-order valence-corrected chi connectivity index (χ2v) is 6.02. The van der Waals surface area contributed by atoms with Gasteiger partial charge in [0.05, 0.1) is 11.6 Å². The molecule has 0 saturated carbocycles. The van der Waals surface area contributed by atoms with Crippen LogP contribution in [0.5, 0.6) is 0 Å². The van der Waals surface area contributed by atoms with Crippen LogP contribution in [-0.2, 0) is 14.8 Å². The molecule has 0 unspecified atom stereocenters. The molecule has 0 bridgehead atoms. The number of ether oxygens (including phenoxy) is 1. The highest BCUT2D eigenvalue weighted by Crippen LogP contribution is 2.24. The van der Waals surface area contributed by atoms with Crippen molar-refractivity contribution in [3.63, 3.8) is 0 Å². The maximum atomic E-state index is 11.8. The number of halogens is 2. The first-order valence-corrected chi connectivity index (χ1v) is 7.06. The average molecular weight is 329 g/mol. The molecule has 0 aromatic heterocycles. The Morgan fingerprint density at radius 2 is 2.19 bits per heavy atom. The van der Waals surface area contributed by atoms with Crippen molar-refractivity contribution in [2.24, 2.45) is 0 Å². The van der Waals surface area contributed by atoms with Crippen molar-refractivity contribution in [3.05, 3.63) is 27.7 Å². The fourth-order valence-corrected chi connectivity index (χ4v) is 3.10. The minimum absolute atomic E-state index is 0.0634. The molecular weight excluding hydrogens is 318 g/mol. The third kappa shape index (κ3) is 3.71. The predicted molar refractivity (Wildman–Crippen MR) is 66.2 cm³/mol. The standard InChI is InChI=1S/C9H11BrClNO3S/c1-15-5-4-12-16(13,14)9-3-2-7(10)6-8(9)11/h2-3,6,12H,4-5H2,1H3. The van der Waals surface area contributed by atoms with E-state index < -0.39 is 10.0 Å². The molecule has 0 radical (unpaired) electrons. The normalized spacial score (nSPS) is 11.7. The van der Waals surface area contributed by atoms with Crippen molar-refractivity contribution >= 4 is 37.6 Å². The summed E-state index contributed by atoms with van der Waals surface area (Å²) in [7, 11) is -2.06. The van der Waals surface area contributed by atoms with Crippen LogP contribution in [0.4, 0.5) is 0 Å². The predicted octanol–water partition coefficient (Wildman–Crippen LogP) is 2.03. The highest BCUT2D eigenvalue weighted by atomic mass is 79.9. The van der Waals surface area contributed by atoms with Crippen LogP contribution in [0.1, 0.15) is 0 Å².